The van der Waals surface area contributed by atoms with E-state index in [1.807, 2.05) is 12.1 Å². The molecule has 0 spiro atoms. The molecule has 1 heterocycles. The summed E-state index contributed by atoms with van der Waals surface area (Å²) in [4.78, 5) is 24.2. The first kappa shape index (κ1) is 19.3. The Balaban J connectivity index is 1.49. The average Bonchev–Trinajstić information content (AvgIpc) is 3.11. The molecule has 0 aromatic heterocycles. The van der Waals surface area contributed by atoms with E-state index in [4.69, 9.17) is 37.4 Å². The van der Waals surface area contributed by atoms with Gasteiger partial charge in [0.25, 0.3) is 5.91 Å². The number of halogens is 2. The predicted molar refractivity (Wildman–Crippen MR) is 102 cm³/mol. The van der Waals surface area contributed by atoms with Gasteiger partial charge in [-0.25, -0.2) is 0 Å². The number of rotatable bonds is 6. The standard InChI is InChI=1S/C19H17Cl2NO5/c1-11(19(24)22-14-4-2-3-13(20)18(14)21)27-17(23)8-6-12-5-7-15-16(9-12)26-10-25-15/h2-5,7,9,11H,6,8,10H2,1H3,(H,22,24). The summed E-state index contributed by atoms with van der Waals surface area (Å²) in [5.74, 6) is 0.376. The summed E-state index contributed by atoms with van der Waals surface area (Å²) in [5, 5.41) is 3.15. The molecule has 0 saturated heterocycles. The van der Waals surface area contributed by atoms with Crippen LogP contribution in [0.4, 0.5) is 5.69 Å². The normalized spacial score (nSPS) is 13.1. The van der Waals surface area contributed by atoms with Gasteiger partial charge >= 0.3 is 5.97 Å². The first-order chi connectivity index (χ1) is 12.9. The first-order valence-corrected chi connectivity index (χ1v) is 9.02. The number of amides is 1. The molecule has 0 saturated carbocycles. The van der Waals surface area contributed by atoms with E-state index >= 15 is 0 Å². The van der Waals surface area contributed by atoms with Crippen molar-refractivity contribution in [2.45, 2.75) is 25.9 Å². The first-order valence-electron chi connectivity index (χ1n) is 8.27. The minimum Gasteiger partial charge on any atom is -0.454 e. The van der Waals surface area contributed by atoms with Gasteiger partial charge in [0, 0.05) is 6.42 Å². The lowest BCUT2D eigenvalue weighted by Gasteiger charge is -2.14. The minimum absolute atomic E-state index is 0.134. The van der Waals surface area contributed by atoms with Crippen LogP contribution in [0, 0.1) is 0 Å². The molecule has 1 unspecified atom stereocenters. The third kappa shape index (κ3) is 4.84. The van der Waals surface area contributed by atoms with Crippen molar-refractivity contribution in [2.75, 3.05) is 12.1 Å². The van der Waals surface area contributed by atoms with Crippen LogP contribution < -0.4 is 14.8 Å². The van der Waals surface area contributed by atoms with E-state index < -0.39 is 18.0 Å². The zero-order valence-corrected chi connectivity index (χ0v) is 16.0. The maximum absolute atomic E-state index is 12.2. The van der Waals surface area contributed by atoms with Gasteiger partial charge in [0.15, 0.2) is 17.6 Å². The van der Waals surface area contributed by atoms with Gasteiger partial charge < -0.3 is 19.5 Å². The molecule has 6 nitrogen and oxygen atoms in total. The Bertz CT molecular complexity index is 871. The lowest BCUT2D eigenvalue weighted by atomic mass is 10.1. The third-order valence-electron chi connectivity index (χ3n) is 3.94. The van der Waals surface area contributed by atoms with Gasteiger partial charge in [0.2, 0.25) is 6.79 Å². The molecular weight excluding hydrogens is 393 g/mol. The van der Waals surface area contributed by atoms with Crippen LogP contribution in [0.2, 0.25) is 10.0 Å². The monoisotopic (exact) mass is 409 g/mol. The maximum atomic E-state index is 12.2. The van der Waals surface area contributed by atoms with Gasteiger partial charge in [-0.3, -0.25) is 9.59 Å². The molecule has 2 aromatic rings. The highest BCUT2D eigenvalue weighted by atomic mass is 35.5. The Morgan fingerprint density at radius 1 is 1.19 bits per heavy atom. The largest absolute Gasteiger partial charge is 0.454 e. The summed E-state index contributed by atoms with van der Waals surface area (Å²) >= 11 is 11.9. The molecule has 3 rings (SSSR count). The van der Waals surface area contributed by atoms with E-state index in [9.17, 15) is 9.59 Å². The van der Waals surface area contributed by atoms with Crippen LogP contribution in [-0.2, 0) is 20.7 Å². The minimum atomic E-state index is -0.968. The zero-order chi connectivity index (χ0) is 19.4. The van der Waals surface area contributed by atoms with Crippen molar-refractivity contribution in [3.63, 3.8) is 0 Å². The molecule has 1 aliphatic rings. The van der Waals surface area contributed by atoms with E-state index in [-0.39, 0.29) is 18.2 Å². The number of hydrogen-bond donors (Lipinski definition) is 1. The van der Waals surface area contributed by atoms with Crippen molar-refractivity contribution in [2.24, 2.45) is 0 Å². The van der Waals surface area contributed by atoms with E-state index in [1.165, 1.54) is 6.92 Å². The summed E-state index contributed by atoms with van der Waals surface area (Å²) in [5.41, 5.74) is 1.27. The molecule has 2 aromatic carbocycles. The number of benzene rings is 2. The van der Waals surface area contributed by atoms with Crippen molar-refractivity contribution in [3.8, 4) is 11.5 Å². The topological polar surface area (TPSA) is 73.9 Å². The fourth-order valence-corrected chi connectivity index (χ4v) is 2.83. The van der Waals surface area contributed by atoms with Gasteiger partial charge in [-0.05, 0) is 43.2 Å². The second kappa shape index (κ2) is 8.50. The van der Waals surface area contributed by atoms with Crippen LogP contribution in [-0.4, -0.2) is 24.8 Å². The summed E-state index contributed by atoms with van der Waals surface area (Å²) in [6, 6.07) is 10.4. The molecule has 27 heavy (non-hydrogen) atoms. The molecule has 142 valence electrons. The van der Waals surface area contributed by atoms with Crippen LogP contribution in [0.1, 0.15) is 18.9 Å². The summed E-state index contributed by atoms with van der Waals surface area (Å²) in [6.45, 7) is 1.69. The highest BCUT2D eigenvalue weighted by Crippen LogP contribution is 2.33. The fraction of sp³-hybridized carbons (Fsp3) is 0.263. The smallest absolute Gasteiger partial charge is 0.306 e. The number of carbonyl (C=O) groups is 2. The zero-order valence-electron chi connectivity index (χ0n) is 14.5. The maximum Gasteiger partial charge on any atom is 0.306 e. The van der Waals surface area contributed by atoms with Crippen molar-refractivity contribution in [1.82, 2.24) is 0 Å². The molecule has 0 fully saturated rings. The molecule has 0 radical (unpaired) electrons. The van der Waals surface area contributed by atoms with E-state index in [0.717, 1.165) is 5.56 Å². The number of ether oxygens (including phenoxy) is 3. The second-order valence-electron chi connectivity index (χ2n) is 5.91. The molecule has 0 bridgehead atoms. The summed E-state index contributed by atoms with van der Waals surface area (Å²) < 4.78 is 15.7. The Kier molecular flexibility index (Phi) is 6.08. The van der Waals surface area contributed by atoms with Crippen molar-refractivity contribution in [3.05, 3.63) is 52.0 Å². The molecule has 1 aliphatic heterocycles. The SMILES string of the molecule is CC(OC(=O)CCc1ccc2c(c1)OCO2)C(=O)Nc1cccc(Cl)c1Cl. The van der Waals surface area contributed by atoms with Gasteiger partial charge in [-0.2, -0.15) is 0 Å². The molecule has 1 N–H and O–H groups in total. The second-order valence-corrected chi connectivity index (χ2v) is 6.70. The van der Waals surface area contributed by atoms with Crippen LogP contribution in [0.5, 0.6) is 11.5 Å². The van der Waals surface area contributed by atoms with E-state index in [1.54, 1.807) is 24.3 Å². The quantitative estimate of drug-likeness (QED) is 0.722. The predicted octanol–water partition coefficient (Wildman–Crippen LogP) is 4.23. The number of esters is 1. The Morgan fingerprint density at radius 3 is 2.78 bits per heavy atom. The van der Waals surface area contributed by atoms with Gasteiger partial charge in [-0.15, -0.1) is 0 Å². The van der Waals surface area contributed by atoms with E-state index in [2.05, 4.69) is 5.32 Å². The number of nitrogens with one attached hydrogen (secondary N) is 1. The van der Waals surface area contributed by atoms with Crippen molar-refractivity contribution >= 4 is 40.8 Å². The van der Waals surface area contributed by atoms with Crippen LogP contribution >= 0.6 is 23.2 Å². The highest BCUT2D eigenvalue weighted by molar-refractivity contribution is 6.44. The van der Waals surface area contributed by atoms with E-state index in [0.29, 0.717) is 28.6 Å². The lowest BCUT2D eigenvalue weighted by molar-refractivity contribution is -0.153. The summed E-state index contributed by atoms with van der Waals surface area (Å²) in [6.07, 6.45) is -0.372. The summed E-state index contributed by atoms with van der Waals surface area (Å²) in [7, 11) is 0. The van der Waals surface area contributed by atoms with Crippen LogP contribution in [0.15, 0.2) is 36.4 Å². The van der Waals surface area contributed by atoms with Crippen molar-refractivity contribution in [1.29, 1.82) is 0 Å². The Morgan fingerprint density at radius 2 is 1.96 bits per heavy atom. The fourth-order valence-electron chi connectivity index (χ4n) is 2.49. The number of fused-ring (bicyclic) bond motifs is 1. The molecule has 0 aliphatic carbocycles. The number of hydrogen-bond acceptors (Lipinski definition) is 5. The van der Waals surface area contributed by atoms with Gasteiger partial charge in [0.1, 0.15) is 0 Å². The Labute approximate surface area is 166 Å². The Hall–Kier alpha value is -2.44. The van der Waals surface area contributed by atoms with Crippen LogP contribution in [0.3, 0.4) is 0 Å². The molecule has 1 amide bonds. The van der Waals surface area contributed by atoms with Gasteiger partial charge in [0.05, 0.1) is 15.7 Å². The number of carbonyl (C=O) groups excluding carboxylic acids is 2. The number of aryl methyl sites for hydroxylation is 1. The molecule has 8 heteroatoms. The van der Waals surface area contributed by atoms with Crippen molar-refractivity contribution < 1.29 is 23.8 Å². The lowest BCUT2D eigenvalue weighted by Crippen LogP contribution is -2.30. The average molecular weight is 410 g/mol. The third-order valence-corrected chi connectivity index (χ3v) is 4.76. The van der Waals surface area contributed by atoms with Gasteiger partial charge in [-0.1, -0.05) is 35.3 Å². The molecule has 1 atom stereocenters. The highest BCUT2D eigenvalue weighted by Gasteiger charge is 2.20. The van der Waals surface area contributed by atoms with Crippen LogP contribution in [0.25, 0.3) is 0 Å². The molecular formula is C19H17Cl2NO5. The number of anilines is 1.